The van der Waals surface area contributed by atoms with Crippen molar-refractivity contribution in [2.24, 2.45) is 11.3 Å². The van der Waals surface area contributed by atoms with Crippen LogP contribution in [0.15, 0.2) is 36.7 Å². The Morgan fingerprint density at radius 1 is 1.06 bits per heavy atom. The van der Waals surface area contributed by atoms with E-state index < -0.39 is 17.8 Å². The molecule has 1 unspecified atom stereocenters. The van der Waals surface area contributed by atoms with Gasteiger partial charge in [0.25, 0.3) is 11.8 Å². The van der Waals surface area contributed by atoms with E-state index in [1.54, 1.807) is 4.90 Å². The Morgan fingerprint density at radius 3 is 2.27 bits per heavy atom. The Bertz CT molecular complexity index is 1500. The van der Waals surface area contributed by atoms with Crippen molar-refractivity contribution in [1.29, 1.82) is 0 Å². The minimum Gasteiger partial charge on any atom is -0.478 e. The number of rotatable bonds is 17. The molecule has 3 heterocycles. The van der Waals surface area contributed by atoms with E-state index in [9.17, 15) is 29.0 Å². The summed E-state index contributed by atoms with van der Waals surface area (Å²) in [6.07, 6.45) is 5.60. The topological polar surface area (TPSA) is 193 Å². The molecule has 2 aliphatic heterocycles. The highest BCUT2D eigenvalue weighted by Crippen LogP contribution is 2.44. The van der Waals surface area contributed by atoms with Crippen LogP contribution >= 0.6 is 0 Å². The number of halogens is 1. The van der Waals surface area contributed by atoms with Gasteiger partial charge in [-0.25, -0.2) is 19.0 Å². The summed E-state index contributed by atoms with van der Waals surface area (Å²) in [7, 11) is 1.95. The minimum atomic E-state index is -1.26. The van der Waals surface area contributed by atoms with Gasteiger partial charge in [0.1, 0.15) is 17.9 Å². The predicted molar refractivity (Wildman–Crippen MR) is 192 cm³/mol. The van der Waals surface area contributed by atoms with Gasteiger partial charge in [0.05, 0.1) is 24.8 Å². The zero-order chi connectivity index (χ0) is 38.6. The number of carbonyl (C=O) groups is 3. The lowest BCUT2D eigenvalue weighted by molar-refractivity contribution is -0.134. The second kappa shape index (κ2) is 19.5. The SMILES string of the molecule is CCN(C(=O)c1cc(F)ccc1Oc1nncnc1N1CCC2(C1)CN(C(CCCN(C)C(CO)CO)C(C)C)C2)C(C)C.O=C(O)/C=C/C(=O)O. The van der Waals surface area contributed by atoms with Gasteiger partial charge >= 0.3 is 11.9 Å². The lowest BCUT2D eigenvalue weighted by atomic mass is 9.76. The quantitative estimate of drug-likeness (QED) is 0.174. The minimum absolute atomic E-state index is 0.0425. The Balaban J connectivity index is 0.000000815. The van der Waals surface area contributed by atoms with Crippen LogP contribution in [0.5, 0.6) is 11.6 Å². The van der Waals surface area contributed by atoms with Crippen LogP contribution in [0.4, 0.5) is 10.2 Å². The van der Waals surface area contributed by atoms with Crippen LogP contribution in [0.1, 0.15) is 64.2 Å². The van der Waals surface area contributed by atoms with Gasteiger partial charge < -0.3 is 35.0 Å². The van der Waals surface area contributed by atoms with Crippen LogP contribution in [0.25, 0.3) is 0 Å². The molecule has 1 aromatic heterocycles. The molecule has 52 heavy (non-hydrogen) atoms. The highest BCUT2D eigenvalue weighted by atomic mass is 19.1. The lowest BCUT2D eigenvalue weighted by Gasteiger charge is -2.53. The number of likely N-dealkylation sites (N-methyl/N-ethyl adjacent to an activating group) is 1. The number of aliphatic hydroxyl groups is 2. The van der Waals surface area contributed by atoms with E-state index >= 15 is 0 Å². The molecule has 15 nitrogen and oxygen atoms in total. The van der Waals surface area contributed by atoms with Crippen LogP contribution in [0.2, 0.25) is 0 Å². The number of benzene rings is 1. The third kappa shape index (κ3) is 11.4. The molecule has 2 saturated heterocycles. The number of hydrogen-bond acceptors (Lipinski definition) is 12. The maximum atomic E-state index is 14.3. The number of hydrogen-bond donors (Lipinski definition) is 4. The van der Waals surface area contributed by atoms with Crippen LogP contribution in [0.3, 0.4) is 0 Å². The van der Waals surface area contributed by atoms with Crippen LogP contribution < -0.4 is 9.64 Å². The molecule has 288 valence electrons. The Hall–Kier alpha value is -4.25. The molecule has 1 spiro atoms. The summed E-state index contributed by atoms with van der Waals surface area (Å²) in [4.78, 5) is 45.4. The largest absolute Gasteiger partial charge is 0.478 e. The van der Waals surface area contributed by atoms with Crippen molar-refractivity contribution in [3.63, 3.8) is 0 Å². The first-order valence-corrected chi connectivity index (χ1v) is 17.7. The number of aliphatic hydroxyl groups excluding tert-OH is 2. The fraction of sp³-hybridized carbons (Fsp3) is 0.611. The number of amides is 1. The summed E-state index contributed by atoms with van der Waals surface area (Å²) in [5.41, 5.74) is 0.292. The third-order valence-corrected chi connectivity index (χ3v) is 9.65. The number of nitrogens with zero attached hydrogens (tertiary/aromatic N) is 7. The van der Waals surface area contributed by atoms with Gasteiger partial charge in [0, 0.05) is 62.4 Å². The molecular formula is C36H54FN7O8. The molecule has 4 N–H and O–H groups in total. The van der Waals surface area contributed by atoms with E-state index in [0.717, 1.165) is 52.0 Å². The molecule has 2 aliphatic rings. The molecule has 0 bridgehead atoms. The second-order valence-corrected chi connectivity index (χ2v) is 14.1. The first-order valence-electron chi connectivity index (χ1n) is 17.7. The molecule has 4 rings (SSSR count). The van der Waals surface area contributed by atoms with Crippen molar-refractivity contribution in [2.45, 2.75) is 72.0 Å². The normalized spacial score (nSPS) is 16.1. The predicted octanol–water partition coefficient (Wildman–Crippen LogP) is 2.99. The molecule has 1 amide bonds. The number of anilines is 1. The second-order valence-electron chi connectivity index (χ2n) is 14.1. The third-order valence-electron chi connectivity index (χ3n) is 9.65. The van der Waals surface area contributed by atoms with Gasteiger partial charge in [-0.3, -0.25) is 14.6 Å². The van der Waals surface area contributed by atoms with E-state index in [2.05, 4.69) is 38.8 Å². The van der Waals surface area contributed by atoms with Crippen LogP contribution in [-0.2, 0) is 9.59 Å². The summed E-state index contributed by atoms with van der Waals surface area (Å²) in [6, 6.07) is 4.14. The van der Waals surface area contributed by atoms with E-state index in [4.69, 9.17) is 14.9 Å². The Labute approximate surface area is 304 Å². The molecule has 16 heteroatoms. The molecular weight excluding hydrogens is 677 g/mol. The Morgan fingerprint density at radius 2 is 1.71 bits per heavy atom. The number of aromatic nitrogens is 3. The van der Waals surface area contributed by atoms with Gasteiger partial charge in [-0.2, -0.15) is 0 Å². The monoisotopic (exact) mass is 731 g/mol. The van der Waals surface area contributed by atoms with Crippen molar-refractivity contribution in [2.75, 3.05) is 64.4 Å². The molecule has 1 atom stereocenters. The first-order chi connectivity index (χ1) is 24.6. The number of carboxylic acids is 2. The Kier molecular flexibility index (Phi) is 15.9. The van der Waals surface area contributed by atoms with Crippen molar-refractivity contribution >= 4 is 23.7 Å². The first kappa shape index (κ1) is 42.2. The van der Waals surface area contributed by atoms with Crippen molar-refractivity contribution in [1.82, 2.24) is 29.9 Å². The van der Waals surface area contributed by atoms with Crippen LogP contribution in [0, 0.1) is 17.2 Å². The summed E-state index contributed by atoms with van der Waals surface area (Å²) in [6.45, 7) is 15.1. The fourth-order valence-electron chi connectivity index (χ4n) is 6.88. The molecule has 2 fully saturated rings. The van der Waals surface area contributed by atoms with Gasteiger partial charge in [-0.15, -0.1) is 10.2 Å². The number of likely N-dealkylation sites (tertiary alicyclic amines) is 1. The number of carbonyl (C=O) groups excluding carboxylic acids is 1. The average Bonchev–Trinajstić information content (AvgIpc) is 3.53. The van der Waals surface area contributed by atoms with Gasteiger partial charge in [-0.1, -0.05) is 13.8 Å². The van der Waals surface area contributed by atoms with E-state index in [1.165, 1.54) is 24.5 Å². The molecule has 2 aromatic rings. The van der Waals surface area contributed by atoms with Crippen molar-refractivity contribution in [3.05, 3.63) is 48.1 Å². The van der Waals surface area contributed by atoms with E-state index in [0.29, 0.717) is 36.5 Å². The molecule has 0 radical (unpaired) electrons. The molecule has 0 saturated carbocycles. The lowest BCUT2D eigenvalue weighted by Crippen LogP contribution is -2.62. The highest BCUT2D eigenvalue weighted by Gasteiger charge is 2.50. The summed E-state index contributed by atoms with van der Waals surface area (Å²) < 4.78 is 20.4. The van der Waals surface area contributed by atoms with Gasteiger partial charge in [0.2, 0.25) is 0 Å². The van der Waals surface area contributed by atoms with Gasteiger partial charge in [0.15, 0.2) is 5.82 Å². The standard InChI is InChI=1S/C32H50FN7O4.C4H4O4/c1-7-40(23(4)5)31(43)26-15-24(33)10-11-28(26)44-30-29(34-21-35-36-30)38-14-12-32(18-38)19-39(20-32)27(22(2)3)9-8-13-37(6)25(16-41)17-42;5-3(6)1-2-4(7)8/h10-11,15,21-23,25,27,41-42H,7-9,12-14,16-20H2,1-6H3;1-2H,(H,5,6)(H,7,8)/b;2-1+. The van der Waals surface area contributed by atoms with E-state index in [1.807, 2.05) is 32.7 Å². The summed E-state index contributed by atoms with van der Waals surface area (Å²) in [5.74, 6) is -1.84. The maximum Gasteiger partial charge on any atom is 0.328 e. The van der Waals surface area contributed by atoms with Gasteiger partial charge in [-0.05, 0) is 77.7 Å². The summed E-state index contributed by atoms with van der Waals surface area (Å²) in [5, 5.41) is 42.7. The number of carboxylic acid groups (broad SMARTS) is 2. The van der Waals surface area contributed by atoms with Crippen molar-refractivity contribution in [3.8, 4) is 11.6 Å². The average molecular weight is 732 g/mol. The molecule has 0 aliphatic carbocycles. The number of ether oxygens (including phenoxy) is 1. The van der Waals surface area contributed by atoms with Crippen LogP contribution in [-0.4, -0.2) is 146 Å². The summed E-state index contributed by atoms with van der Waals surface area (Å²) >= 11 is 0. The fourth-order valence-corrected chi connectivity index (χ4v) is 6.88. The van der Waals surface area contributed by atoms with Crippen molar-refractivity contribution < 1.29 is 43.9 Å². The van der Waals surface area contributed by atoms with E-state index in [-0.39, 0.29) is 53.8 Å². The smallest absolute Gasteiger partial charge is 0.328 e. The zero-order valence-electron chi connectivity index (χ0n) is 31.0. The molecule has 1 aromatic carbocycles. The highest BCUT2D eigenvalue weighted by molar-refractivity contribution is 5.97. The zero-order valence-corrected chi connectivity index (χ0v) is 31.0. The maximum absolute atomic E-state index is 14.3. The number of aliphatic carboxylic acids is 2.